The molecule has 1 spiro atoms. The summed E-state index contributed by atoms with van der Waals surface area (Å²) in [5.41, 5.74) is 0.0671. The van der Waals surface area contributed by atoms with Crippen molar-refractivity contribution in [3.63, 3.8) is 0 Å². The van der Waals surface area contributed by atoms with E-state index in [9.17, 15) is 0 Å². The highest BCUT2D eigenvalue weighted by atomic mass is 16.6. The predicted octanol–water partition coefficient (Wildman–Crippen LogP) is 1.47. The van der Waals surface area contributed by atoms with Crippen molar-refractivity contribution in [2.75, 3.05) is 0 Å². The van der Waals surface area contributed by atoms with Crippen LogP contribution in [0.1, 0.15) is 25.7 Å². The largest absolute Gasteiger partial charge is 0.350 e. The van der Waals surface area contributed by atoms with E-state index in [4.69, 9.17) is 10.00 Å². The van der Waals surface area contributed by atoms with Crippen LogP contribution in [0.4, 0.5) is 0 Å². The van der Waals surface area contributed by atoms with Crippen molar-refractivity contribution in [3.05, 3.63) is 0 Å². The number of nitrogens with zero attached hydrogens (tertiary/aromatic N) is 1. The summed E-state index contributed by atoms with van der Waals surface area (Å²) in [4.78, 5) is 0. The maximum atomic E-state index is 8.68. The molecule has 11 heavy (non-hydrogen) atoms. The highest BCUT2D eigenvalue weighted by Gasteiger charge is 2.67. The second-order valence-electron chi connectivity index (χ2n) is 4.16. The molecule has 3 fully saturated rings. The van der Waals surface area contributed by atoms with Crippen molar-refractivity contribution in [2.45, 2.75) is 37.4 Å². The number of fused-ring (bicyclic) bond motifs is 3. The molecule has 2 bridgehead atoms. The summed E-state index contributed by atoms with van der Waals surface area (Å²) in [6.45, 7) is 0. The number of epoxide rings is 1. The molecule has 0 radical (unpaired) electrons. The third-order valence-corrected chi connectivity index (χ3v) is 3.68. The molecule has 58 valence electrons. The van der Waals surface area contributed by atoms with Crippen LogP contribution in [0.15, 0.2) is 0 Å². The smallest absolute Gasteiger partial charge is 0.173 e. The average Bonchev–Trinajstić information content (AvgIpc) is 2.45. The van der Waals surface area contributed by atoms with Crippen molar-refractivity contribution in [1.29, 1.82) is 5.26 Å². The van der Waals surface area contributed by atoms with Crippen LogP contribution < -0.4 is 0 Å². The Kier molecular flexibility index (Phi) is 0.883. The van der Waals surface area contributed by atoms with Gasteiger partial charge in [-0.15, -0.1) is 0 Å². The lowest BCUT2D eigenvalue weighted by molar-refractivity contribution is 0.217. The molecule has 0 aromatic carbocycles. The van der Waals surface area contributed by atoms with E-state index in [0.717, 1.165) is 11.8 Å². The van der Waals surface area contributed by atoms with Crippen molar-refractivity contribution in [2.24, 2.45) is 11.8 Å². The molecular weight excluding hydrogens is 138 g/mol. The number of hydrogen-bond donors (Lipinski definition) is 0. The minimum Gasteiger partial charge on any atom is -0.350 e. The summed E-state index contributed by atoms with van der Waals surface area (Å²) >= 11 is 0. The highest BCUT2D eigenvalue weighted by molar-refractivity contribution is 5.22. The Labute approximate surface area is 66.1 Å². The van der Waals surface area contributed by atoms with Crippen LogP contribution in [-0.4, -0.2) is 11.7 Å². The van der Waals surface area contributed by atoms with Crippen LogP contribution in [0.2, 0.25) is 0 Å². The zero-order chi connectivity index (χ0) is 7.47. The molecule has 3 aliphatic rings. The van der Waals surface area contributed by atoms with Gasteiger partial charge < -0.3 is 4.74 Å². The third-order valence-electron chi connectivity index (χ3n) is 3.68. The molecule has 4 atom stereocenters. The van der Waals surface area contributed by atoms with Crippen LogP contribution >= 0.6 is 0 Å². The fourth-order valence-electron chi connectivity index (χ4n) is 3.11. The van der Waals surface area contributed by atoms with Crippen molar-refractivity contribution in [1.82, 2.24) is 0 Å². The first kappa shape index (κ1) is 6.02. The summed E-state index contributed by atoms with van der Waals surface area (Å²) in [7, 11) is 0. The van der Waals surface area contributed by atoms with E-state index in [1.54, 1.807) is 0 Å². The Bertz CT molecular complexity index is 244. The molecular formula is C9H11NO. The second-order valence-corrected chi connectivity index (χ2v) is 4.16. The first-order valence-corrected chi connectivity index (χ1v) is 4.42. The van der Waals surface area contributed by atoms with Gasteiger partial charge in [0.25, 0.3) is 0 Å². The maximum absolute atomic E-state index is 8.68. The molecule has 0 amide bonds. The van der Waals surface area contributed by atoms with Gasteiger partial charge in [-0.2, -0.15) is 5.26 Å². The van der Waals surface area contributed by atoms with Crippen LogP contribution in [0.3, 0.4) is 0 Å². The van der Waals surface area contributed by atoms with E-state index < -0.39 is 0 Å². The third kappa shape index (κ3) is 0.566. The number of nitriles is 1. The highest BCUT2D eigenvalue weighted by Crippen LogP contribution is 2.61. The van der Waals surface area contributed by atoms with Gasteiger partial charge >= 0.3 is 0 Å². The monoisotopic (exact) mass is 149 g/mol. The van der Waals surface area contributed by atoms with Gasteiger partial charge in [0, 0.05) is 0 Å². The summed E-state index contributed by atoms with van der Waals surface area (Å²) in [5, 5.41) is 8.68. The van der Waals surface area contributed by atoms with E-state index in [2.05, 4.69) is 6.07 Å². The van der Waals surface area contributed by atoms with Crippen molar-refractivity contribution in [3.8, 4) is 6.07 Å². The van der Waals surface area contributed by atoms with Gasteiger partial charge in [0.2, 0.25) is 0 Å². The lowest BCUT2D eigenvalue weighted by Gasteiger charge is -2.16. The molecule has 2 heteroatoms. The predicted molar refractivity (Wildman–Crippen MR) is 38.7 cm³/mol. The Morgan fingerprint density at radius 1 is 1.45 bits per heavy atom. The van der Waals surface area contributed by atoms with Gasteiger partial charge in [0.05, 0.1) is 6.07 Å². The average molecular weight is 149 g/mol. The number of ether oxygens (including phenoxy) is 1. The van der Waals surface area contributed by atoms with E-state index in [-0.39, 0.29) is 11.7 Å². The number of hydrogen-bond acceptors (Lipinski definition) is 2. The lowest BCUT2D eigenvalue weighted by Crippen LogP contribution is -2.22. The zero-order valence-corrected chi connectivity index (χ0v) is 6.42. The Morgan fingerprint density at radius 2 is 2.36 bits per heavy atom. The van der Waals surface area contributed by atoms with Gasteiger partial charge in [-0.25, -0.2) is 0 Å². The van der Waals surface area contributed by atoms with Crippen LogP contribution in [0.25, 0.3) is 0 Å². The summed E-state index contributed by atoms with van der Waals surface area (Å²) in [6, 6.07) is 2.23. The standard InChI is InChI=1S/C9H11NO/c10-5-8-9(11-8)4-6-1-2-7(9)3-6/h6-8H,1-4H2. The molecule has 2 aliphatic carbocycles. The topological polar surface area (TPSA) is 36.3 Å². The molecule has 0 aromatic heterocycles. The van der Waals surface area contributed by atoms with Gasteiger partial charge in [0.15, 0.2) is 6.10 Å². The fraction of sp³-hybridized carbons (Fsp3) is 0.889. The molecule has 3 rings (SSSR count). The first-order chi connectivity index (χ1) is 5.35. The number of rotatable bonds is 0. The van der Waals surface area contributed by atoms with E-state index >= 15 is 0 Å². The molecule has 2 saturated carbocycles. The quantitative estimate of drug-likeness (QED) is 0.489. The van der Waals surface area contributed by atoms with E-state index in [0.29, 0.717) is 0 Å². The van der Waals surface area contributed by atoms with Crippen LogP contribution in [0.5, 0.6) is 0 Å². The molecule has 1 heterocycles. The molecule has 2 nitrogen and oxygen atoms in total. The Hall–Kier alpha value is -0.550. The summed E-state index contributed by atoms with van der Waals surface area (Å²) in [6.07, 6.45) is 5.16. The van der Waals surface area contributed by atoms with Gasteiger partial charge in [-0.1, -0.05) is 0 Å². The molecule has 1 saturated heterocycles. The van der Waals surface area contributed by atoms with Gasteiger partial charge in [-0.3, -0.25) is 0 Å². The lowest BCUT2D eigenvalue weighted by atomic mass is 9.86. The Balaban J connectivity index is 1.89. The minimum atomic E-state index is -0.0437. The van der Waals surface area contributed by atoms with Crippen molar-refractivity contribution >= 4 is 0 Å². The van der Waals surface area contributed by atoms with Crippen LogP contribution in [0, 0.1) is 23.2 Å². The van der Waals surface area contributed by atoms with E-state index in [1.807, 2.05) is 0 Å². The normalized spacial score (nSPS) is 58.3. The van der Waals surface area contributed by atoms with Gasteiger partial charge in [0.1, 0.15) is 5.60 Å². The molecule has 0 N–H and O–H groups in total. The minimum absolute atomic E-state index is 0.0437. The zero-order valence-electron chi connectivity index (χ0n) is 6.42. The van der Waals surface area contributed by atoms with Crippen molar-refractivity contribution < 1.29 is 4.74 Å². The fourth-order valence-corrected chi connectivity index (χ4v) is 3.11. The first-order valence-electron chi connectivity index (χ1n) is 4.42. The molecule has 0 aromatic rings. The summed E-state index contributed by atoms with van der Waals surface area (Å²) < 4.78 is 5.49. The van der Waals surface area contributed by atoms with Crippen LogP contribution in [-0.2, 0) is 4.74 Å². The Morgan fingerprint density at radius 3 is 2.82 bits per heavy atom. The SMILES string of the molecule is N#CC1OC12CC1CCC2C1. The molecule has 4 unspecified atom stereocenters. The molecule has 1 aliphatic heterocycles. The van der Waals surface area contributed by atoms with E-state index in [1.165, 1.54) is 25.7 Å². The second kappa shape index (κ2) is 1.61. The maximum Gasteiger partial charge on any atom is 0.173 e. The van der Waals surface area contributed by atoms with Gasteiger partial charge in [-0.05, 0) is 37.5 Å². The summed E-state index contributed by atoms with van der Waals surface area (Å²) in [5.74, 6) is 1.62.